The number of hydrogen-bond donors (Lipinski definition) is 1. The van der Waals surface area contributed by atoms with Gasteiger partial charge in [-0.2, -0.15) is 0 Å². The van der Waals surface area contributed by atoms with Crippen molar-refractivity contribution < 1.29 is 14.3 Å². The first kappa shape index (κ1) is 17.0. The molecular formula is C19H26N2O3. The van der Waals surface area contributed by atoms with Gasteiger partial charge in [0.15, 0.2) is 0 Å². The summed E-state index contributed by atoms with van der Waals surface area (Å²) in [6.07, 6.45) is 5.64. The van der Waals surface area contributed by atoms with Gasteiger partial charge in [-0.1, -0.05) is 49.1 Å². The van der Waals surface area contributed by atoms with Crippen molar-refractivity contribution in [3.05, 3.63) is 35.4 Å². The molecule has 1 aliphatic heterocycles. The number of morpholine rings is 1. The van der Waals surface area contributed by atoms with Gasteiger partial charge in [0.1, 0.15) is 12.6 Å². The summed E-state index contributed by atoms with van der Waals surface area (Å²) >= 11 is 0. The molecule has 0 unspecified atom stereocenters. The lowest BCUT2D eigenvalue weighted by molar-refractivity contribution is -0.156. The molecule has 0 aromatic heterocycles. The summed E-state index contributed by atoms with van der Waals surface area (Å²) in [7, 11) is 0. The van der Waals surface area contributed by atoms with Crippen molar-refractivity contribution in [2.24, 2.45) is 0 Å². The lowest BCUT2D eigenvalue weighted by atomic mass is 9.95. The van der Waals surface area contributed by atoms with Crippen LogP contribution < -0.4 is 5.32 Å². The minimum atomic E-state index is -0.533. The topological polar surface area (TPSA) is 58.6 Å². The zero-order valence-electron chi connectivity index (χ0n) is 14.3. The summed E-state index contributed by atoms with van der Waals surface area (Å²) in [5.74, 6) is -0.201. The molecular weight excluding hydrogens is 304 g/mol. The summed E-state index contributed by atoms with van der Waals surface area (Å²) < 4.78 is 5.34. The van der Waals surface area contributed by atoms with E-state index in [-0.39, 0.29) is 31.1 Å². The van der Waals surface area contributed by atoms with Gasteiger partial charge in [-0.25, -0.2) is 0 Å². The lowest BCUT2D eigenvalue weighted by Crippen LogP contribution is -2.57. The number of hydrogen-bond acceptors (Lipinski definition) is 3. The van der Waals surface area contributed by atoms with Gasteiger partial charge >= 0.3 is 0 Å². The second kappa shape index (κ2) is 7.79. The van der Waals surface area contributed by atoms with Gasteiger partial charge in [-0.15, -0.1) is 0 Å². The Labute approximate surface area is 143 Å². The number of rotatable bonds is 4. The quantitative estimate of drug-likeness (QED) is 0.920. The van der Waals surface area contributed by atoms with E-state index in [2.05, 4.69) is 5.32 Å². The highest BCUT2D eigenvalue weighted by atomic mass is 16.5. The Morgan fingerprint density at radius 2 is 1.92 bits per heavy atom. The fourth-order valence-electron chi connectivity index (χ4n) is 3.45. The highest BCUT2D eigenvalue weighted by molar-refractivity contribution is 5.89. The summed E-state index contributed by atoms with van der Waals surface area (Å²) in [5.41, 5.74) is 2.21. The third kappa shape index (κ3) is 4.15. The van der Waals surface area contributed by atoms with Crippen molar-refractivity contribution in [3.8, 4) is 0 Å². The first-order chi connectivity index (χ1) is 11.6. The molecule has 3 rings (SSSR count). The van der Waals surface area contributed by atoms with Crippen LogP contribution in [0, 0.1) is 6.92 Å². The highest BCUT2D eigenvalue weighted by Gasteiger charge is 2.35. The number of benzene rings is 1. The normalized spacial score (nSPS) is 22.5. The van der Waals surface area contributed by atoms with Crippen molar-refractivity contribution in [1.82, 2.24) is 10.2 Å². The van der Waals surface area contributed by atoms with Crippen molar-refractivity contribution in [2.45, 2.75) is 57.7 Å². The van der Waals surface area contributed by atoms with Crippen LogP contribution in [0.2, 0.25) is 0 Å². The maximum atomic E-state index is 12.7. The summed E-state index contributed by atoms with van der Waals surface area (Å²) in [6.45, 7) is 2.81. The van der Waals surface area contributed by atoms with E-state index in [1.54, 1.807) is 4.90 Å². The van der Waals surface area contributed by atoms with E-state index in [1.807, 2.05) is 31.2 Å². The second-order valence-corrected chi connectivity index (χ2v) is 6.88. The van der Waals surface area contributed by atoms with Gasteiger partial charge in [0.2, 0.25) is 11.8 Å². The molecule has 1 heterocycles. The fraction of sp³-hybridized carbons (Fsp3) is 0.579. The average molecular weight is 330 g/mol. The molecule has 1 aliphatic carbocycles. The molecule has 0 bridgehead atoms. The molecule has 1 saturated carbocycles. The van der Waals surface area contributed by atoms with E-state index in [9.17, 15) is 9.59 Å². The third-order valence-corrected chi connectivity index (χ3v) is 4.93. The van der Waals surface area contributed by atoms with Gasteiger partial charge in [0.05, 0.1) is 6.61 Å². The Bertz CT molecular complexity index is 579. The predicted molar refractivity (Wildman–Crippen MR) is 91.4 cm³/mol. The minimum absolute atomic E-state index is 0.0546. The fourth-order valence-corrected chi connectivity index (χ4v) is 3.45. The smallest absolute Gasteiger partial charge is 0.249 e. The van der Waals surface area contributed by atoms with Crippen LogP contribution in [0.3, 0.4) is 0 Å². The number of carbonyl (C=O) groups excluding carboxylic acids is 2. The van der Waals surface area contributed by atoms with Crippen molar-refractivity contribution in [3.63, 3.8) is 0 Å². The average Bonchev–Trinajstić information content (AvgIpc) is 2.59. The maximum absolute atomic E-state index is 12.7. The molecule has 1 aromatic carbocycles. The van der Waals surface area contributed by atoms with E-state index in [1.165, 1.54) is 12.0 Å². The predicted octanol–water partition coefficient (Wildman–Crippen LogP) is 2.17. The molecule has 1 atom stereocenters. The zero-order chi connectivity index (χ0) is 16.9. The summed E-state index contributed by atoms with van der Waals surface area (Å²) in [5, 5.41) is 3.12. The van der Waals surface area contributed by atoms with Gasteiger partial charge in [-0.05, 0) is 25.3 Å². The number of ether oxygens (including phenoxy) is 1. The molecule has 130 valence electrons. The molecule has 1 aromatic rings. The standard InChI is InChI=1S/C19H26N2O3/c1-14-7-9-15(10-8-14)11-21-17(12-24-13-18(21)22)19(23)20-16-5-3-2-4-6-16/h7-10,16-17H,2-6,11-13H2,1H3,(H,20,23)/t17-/m0/s1. The second-order valence-electron chi connectivity index (χ2n) is 6.88. The first-order valence-electron chi connectivity index (χ1n) is 8.86. The highest BCUT2D eigenvalue weighted by Crippen LogP contribution is 2.19. The molecule has 2 amide bonds. The molecule has 24 heavy (non-hydrogen) atoms. The van der Waals surface area contributed by atoms with E-state index >= 15 is 0 Å². The molecule has 5 heteroatoms. The van der Waals surface area contributed by atoms with Gasteiger partial charge in [0.25, 0.3) is 0 Å². The van der Waals surface area contributed by atoms with Crippen molar-refractivity contribution >= 4 is 11.8 Å². The number of nitrogens with zero attached hydrogens (tertiary/aromatic N) is 1. The Balaban J connectivity index is 1.67. The van der Waals surface area contributed by atoms with E-state index in [0.717, 1.165) is 31.2 Å². The molecule has 2 fully saturated rings. The Morgan fingerprint density at radius 1 is 1.21 bits per heavy atom. The van der Waals surface area contributed by atoms with Crippen LogP contribution in [0.15, 0.2) is 24.3 Å². The van der Waals surface area contributed by atoms with Crippen LogP contribution in [0.4, 0.5) is 0 Å². The van der Waals surface area contributed by atoms with E-state index < -0.39 is 6.04 Å². The van der Waals surface area contributed by atoms with Crippen LogP contribution in [-0.4, -0.2) is 42.0 Å². The molecule has 2 aliphatic rings. The maximum Gasteiger partial charge on any atom is 0.249 e. The van der Waals surface area contributed by atoms with Crippen molar-refractivity contribution in [1.29, 1.82) is 0 Å². The first-order valence-corrected chi connectivity index (χ1v) is 8.86. The molecule has 0 radical (unpaired) electrons. The minimum Gasteiger partial charge on any atom is -0.369 e. The van der Waals surface area contributed by atoms with Gasteiger partial charge in [-0.3, -0.25) is 9.59 Å². The number of amides is 2. The number of carbonyl (C=O) groups is 2. The summed E-state index contributed by atoms with van der Waals surface area (Å²) in [6, 6.07) is 7.77. The SMILES string of the molecule is Cc1ccc(CN2C(=O)COC[C@H]2C(=O)NC2CCCCC2)cc1. The Hall–Kier alpha value is -1.88. The monoisotopic (exact) mass is 330 g/mol. The lowest BCUT2D eigenvalue weighted by Gasteiger charge is -2.36. The molecule has 0 spiro atoms. The zero-order valence-corrected chi connectivity index (χ0v) is 14.3. The van der Waals surface area contributed by atoms with Crippen LogP contribution in [0.1, 0.15) is 43.2 Å². The largest absolute Gasteiger partial charge is 0.369 e. The number of nitrogens with one attached hydrogen (secondary N) is 1. The van der Waals surface area contributed by atoms with E-state index in [0.29, 0.717) is 6.54 Å². The summed E-state index contributed by atoms with van der Waals surface area (Å²) in [4.78, 5) is 26.6. The van der Waals surface area contributed by atoms with Crippen LogP contribution >= 0.6 is 0 Å². The Kier molecular flexibility index (Phi) is 5.51. The van der Waals surface area contributed by atoms with E-state index in [4.69, 9.17) is 4.74 Å². The Morgan fingerprint density at radius 3 is 2.62 bits per heavy atom. The molecule has 1 N–H and O–H groups in total. The number of aryl methyl sites for hydroxylation is 1. The molecule has 5 nitrogen and oxygen atoms in total. The van der Waals surface area contributed by atoms with Gasteiger partial charge in [0, 0.05) is 12.6 Å². The van der Waals surface area contributed by atoms with Crippen LogP contribution in [0.25, 0.3) is 0 Å². The van der Waals surface area contributed by atoms with Crippen LogP contribution in [-0.2, 0) is 20.9 Å². The van der Waals surface area contributed by atoms with Crippen LogP contribution in [0.5, 0.6) is 0 Å². The van der Waals surface area contributed by atoms with Gasteiger partial charge < -0.3 is 15.0 Å². The molecule has 1 saturated heterocycles. The van der Waals surface area contributed by atoms with Crippen molar-refractivity contribution in [2.75, 3.05) is 13.2 Å². The third-order valence-electron chi connectivity index (χ3n) is 4.93.